The Morgan fingerprint density at radius 3 is 2.84 bits per heavy atom. The fourth-order valence-corrected chi connectivity index (χ4v) is 2.25. The first kappa shape index (κ1) is 11.9. The zero-order valence-corrected chi connectivity index (χ0v) is 10.9. The van der Waals surface area contributed by atoms with E-state index >= 15 is 0 Å². The molecule has 3 aromatic rings. The zero-order valence-electron chi connectivity index (χ0n) is 10.9. The molecule has 0 aliphatic carbocycles. The molecule has 0 aliphatic heterocycles. The van der Waals surface area contributed by atoms with E-state index in [2.05, 4.69) is 11.1 Å². The molecule has 0 aliphatic rings. The summed E-state index contributed by atoms with van der Waals surface area (Å²) in [6.07, 6.45) is 0.827. The van der Waals surface area contributed by atoms with Crippen LogP contribution in [0.25, 0.3) is 22.6 Å². The molecule has 0 spiro atoms. The highest BCUT2D eigenvalue weighted by atomic mass is 16.3. The first-order chi connectivity index (χ1) is 9.28. The molecule has 0 radical (unpaired) electrons. The van der Waals surface area contributed by atoms with Crippen molar-refractivity contribution in [1.82, 2.24) is 4.98 Å². The smallest absolute Gasteiger partial charge is 0.227 e. The topological polar surface area (TPSA) is 52.0 Å². The Morgan fingerprint density at radius 2 is 2.00 bits per heavy atom. The predicted molar refractivity (Wildman–Crippen MR) is 76.9 cm³/mol. The lowest BCUT2D eigenvalue weighted by molar-refractivity contribution is 0.618. The standard InChI is InChI=1S/C16H16N2O/c1-11-6-7-14-15(10-11)19-16(18-14)13-5-3-2-4-12(13)8-9-17/h2-7,10H,8-9,17H2,1H3. The second-order valence-corrected chi connectivity index (χ2v) is 4.69. The van der Waals surface area contributed by atoms with Gasteiger partial charge in [-0.05, 0) is 49.2 Å². The zero-order chi connectivity index (χ0) is 13.2. The summed E-state index contributed by atoms with van der Waals surface area (Å²) in [7, 11) is 0. The molecule has 0 bridgehead atoms. The van der Waals surface area contributed by atoms with Crippen LogP contribution in [0.4, 0.5) is 0 Å². The van der Waals surface area contributed by atoms with Crippen LogP contribution in [0.5, 0.6) is 0 Å². The van der Waals surface area contributed by atoms with Crippen molar-refractivity contribution in [2.45, 2.75) is 13.3 Å². The van der Waals surface area contributed by atoms with Crippen LogP contribution >= 0.6 is 0 Å². The summed E-state index contributed by atoms with van der Waals surface area (Å²) in [6.45, 7) is 2.67. The van der Waals surface area contributed by atoms with Gasteiger partial charge in [0.15, 0.2) is 5.58 Å². The Kier molecular flexibility index (Phi) is 3.05. The number of aromatic nitrogens is 1. The molecule has 2 N–H and O–H groups in total. The largest absolute Gasteiger partial charge is 0.436 e. The van der Waals surface area contributed by atoms with Gasteiger partial charge in [0, 0.05) is 5.56 Å². The van der Waals surface area contributed by atoms with Gasteiger partial charge in [0.1, 0.15) is 5.52 Å². The summed E-state index contributed by atoms with van der Waals surface area (Å²) < 4.78 is 5.87. The molecule has 0 unspecified atom stereocenters. The summed E-state index contributed by atoms with van der Waals surface area (Å²) in [5.74, 6) is 0.671. The lowest BCUT2D eigenvalue weighted by Crippen LogP contribution is -2.03. The summed E-state index contributed by atoms with van der Waals surface area (Å²) in [6, 6.07) is 14.2. The van der Waals surface area contributed by atoms with E-state index in [4.69, 9.17) is 10.2 Å². The predicted octanol–water partition coefficient (Wildman–Crippen LogP) is 3.30. The van der Waals surface area contributed by atoms with Crippen LogP contribution in [-0.2, 0) is 6.42 Å². The molecule has 0 saturated heterocycles. The molecule has 1 aromatic heterocycles. The van der Waals surface area contributed by atoms with Crippen molar-refractivity contribution < 1.29 is 4.42 Å². The van der Waals surface area contributed by atoms with E-state index in [1.54, 1.807) is 0 Å². The highest BCUT2D eigenvalue weighted by Crippen LogP contribution is 2.27. The number of fused-ring (bicyclic) bond motifs is 1. The average molecular weight is 252 g/mol. The molecule has 1 heterocycles. The average Bonchev–Trinajstić information content (AvgIpc) is 2.82. The third-order valence-electron chi connectivity index (χ3n) is 3.21. The first-order valence-corrected chi connectivity index (χ1v) is 6.43. The van der Waals surface area contributed by atoms with Crippen molar-refractivity contribution >= 4 is 11.1 Å². The second-order valence-electron chi connectivity index (χ2n) is 4.69. The number of oxazole rings is 1. The second kappa shape index (κ2) is 4.86. The number of rotatable bonds is 3. The van der Waals surface area contributed by atoms with Crippen LogP contribution in [-0.4, -0.2) is 11.5 Å². The van der Waals surface area contributed by atoms with E-state index in [0.29, 0.717) is 12.4 Å². The van der Waals surface area contributed by atoms with E-state index in [1.165, 1.54) is 11.1 Å². The van der Waals surface area contributed by atoms with Crippen molar-refractivity contribution in [2.24, 2.45) is 5.73 Å². The minimum atomic E-state index is 0.621. The first-order valence-electron chi connectivity index (χ1n) is 6.43. The third kappa shape index (κ3) is 2.25. The van der Waals surface area contributed by atoms with E-state index in [9.17, 15) is 0 Å². The van der Waals surface area contributed by atoms with Gasteiger partial charge in [-0.15, -0.1) is 0 Å². The van der Waals surface area contributed by atoms with Crippen LogP contribution in [0.1, 0.15) is 11.1 Å². The molecule has 0 atom stereocenters. The summed E-state index contributed by atoms with van der Waals surface area (Å²) in [5.41, 5.74) is 10.7. The number of hydrogen-bond acceptors (Lipinski definition) is 3. The molecule has 3 rings (SSSR count). The Morgan fingerprint density at radius 1 is 1.16 bits per heavy atom. The summed E-state index contributed by atoms with van der Waals surface area (Å²) in [5, 5.41) is 0. The maximum Gasteiger partial charge on any atom is 0.227 e. The van der Waals surface area contributed by atoms with Crippen LogP contribution in [0.2, 0.25) is 0 Å². The molecule has 0 amide bonds. The number of nitrogens with two attached hydrogens (primary N) is 1. The highest BCUT2D eigenvalue weighted by Gasteiger charge is 2.11. The molecule has 3 heteroatoms. The van der Waals surface area contributed by atoms with Crippen molar-refractivity contribution in [3.05, 3.63) is 53.6 Å². The monoisotopic (exact) mass is 252 g/mol. The van der Waals surface area contributed by atoms with Gasteiger partial charge in [0.2, 0.25) is 5.89 Å². The van der Waals surface area contributed by atoms with Gasteiger partial charge < -0.3 is 10.2 Å². The number of benzene rings is 2. The number of nitrogens with zero attached hydrogens (tertiary/aromatic N) is 1. The maximum atomic E-state index is 5.87. The molecule has 0 fully saturated rings. The Hall–Kier alpha value is -2.13. The van der Waals surface area contributed by atoms with Gasteiger partial charge in [-0.2, -0.15) is 0 Å². The molecule has 0 saturated carbocycles. The van der Waals surface area contributed by atoms with E-state index < -0.39 is 0 Å². The molecule has 19 heavy (non-hydrogen) atoms. The Balaban J connectivity index is 2.13. The number of aryl methyl sites for hydroxylation is 1. The van der Waals surface area contributed by atoms with Crippen molar-refractivity contribution in [3.63, 3.8) is 0 Å². The fraction of sp³-hybridized carbons (Fsp3) is 0.188. The SMILES string of the molecule is Cc1ccc2nc(-c3ccccc3CCN)oc2c1. The normalized spacial score (nSPS) is 11.1. The molecule has 96 valence electrons. The van der Waals surface area contributed by atoms with Crippen LogP contribution < -0.4 is 5.73 Å². The van der Waals surface area contributed by atoms with Crippen molar-refractivity contribution in [1.29, 1.82) is 0 Å². The van der Waals surface area contributed by atoms with Gasteiger partial charge in [-0.3, -0.25) is 0 Å². The molecule has 3 nitrogen and oxygen atoms in total. The lowest BCUT2D eigenvalue weighted by Gasteiger charge is -2.04. The van der Waals surface area contributed by atoms with Gasteiger partial charge in [0.25, 0.3) is 0 Å². The van der Waals surface area contributed by atoms with Gasteiger partial charge in [0.05, 0.1) is 0 Å². The van der Waals surface area contributed by atoms with Crippen LogP contribution in [0.3, 0.4) is 0 Å². The Labute approximate surface area is 112 Å². The van der Waals surface area contributed by atoms with E-state index in [1.807, 2.05) is 43.3 Å². The highest BCUT2D eigenvalue weighted by molar-refractivity contribution is 5.77. The minimum absolute atomic E-state index is 0.621. The maximum absolute atomic E-state index is 5.87. The van der Waals surface area contributed by atoms with E-state index in [-0.39, 0.29) is 0 Å². The van der Waals surface area contributed by atoms with Crippen LogP contribution in [0.15, 0.2) is 46.9 Å². The molecule has 2 aromatic carbocycles. The van der Waals surface area contributed by atoms with Gasteiger partial charge >= 0.3 is 0 Å². The van der Waals surface area contributed by atoms with Crippen molar-refractivity contribution in [2.75, 3.05) is 6.54 Å². The van der Waals surface area contributed by atoms with Gasteiger partial charge in [-0.1, -0.05) is 24.3 Å². The quantitative estimate of drug-likeness (QED) is 0.778. The van der Waals surface area contributed by atoms with Crippen molar-refractivity contribution in [3.8, 4) is 11.5 Å². The molecular weight excluding hydrogens is 236 g/mol. The number of hydrogen-bond donors (Lipinski definition) is 1. The minimum Gasteiger partial charge on any atom is -0.436 e. The Bertz CT molecular complexity index is 716. The van der Waals surface area contributed by atoms with E-state index in [0.717, 1.165) is 23.1 Å². The fourth-order valence-electron chi connectivity index (χ4n) is 2.25. The third-order valence-corrected chi connectivity index (χ3v) is 3.21. The molecular formula is C16H16N2O. The summed E-state index contributed by atoms with van der Waals surface area (Å²) in [4.78, 5) is 4.56. The van der Waals surface area contributed by atoms with Gasteiger partial charge in [-0.25, -0.2) is 4.98 Å². The lowest BCUT2D eigenvalue weighted by atomic mass is 10.0. The van der Waals surface area contributed by atoms with Crippen LogP contribution in [0, 0.1) is 6.92 Å². The summed E-state index contributed by atoms with van der Waals surface area (Å²) >= 11 is 0.